The van der Waals surface area contributed by atoms with Crippen LogP contribution >= 0.6 is 0 Å². The Morgan fingerprint density at radius 3 is 3.00 bits per heavy atom. The van der Waals surface area contributed by atoms with Gasteiger partial charge in [0, 0.05) is 18.3 Å². The molecule has 0 bridgehead atoms. The van der Waals surface area contributed by atoms with E-state index in [4.69, 9.17) is 5.11 Å². The van der Waals surface area contributed by atoms with Crippen LogP contribution in [-0.4, -0.2) is 28.6 Å². The molecule has 5 nitrogen and oxygen atoms in total. The van der Waals surface area contributed by atoms with Crippen molar-refractivity contribution in [3.05, 3.63) is 22.9 Å². The van der Waals surface area contributed by atoms with Crippen LogP contribution in [0.4, 0.5) is 5.82 Å². The average Bonchev–Trinajstić information content (AvgIpc) is 2.75. The molecule has 0 saturated carbocycles. The van der Waals surface area contributed by atoms with E-state index in [0.717, 1.165) is 30.6 Å². The van der Waals surface area contributed by atoms with Crippen LogP contribution in [-0.2, 0) is 4.79 Å². The Morgan fingerprint density at radius 1 is 1.63 bits per heavy atom. The van der Waals surface area contributed by atoms with Crippen molar-refractivity contribution >= 4 is 11.8 Å². The summed E-state index contributed by atoms with van der Waals surface area (Å²) >= 11 is 0. The molecule has 1 saturated heterocycles. The van der Waals surface area contributed by atoms with Crippen LogP contribution in [0.3, 0.4) is 0 Å². The molecule has 2 heterocycles. The lowest BCUT2D eigenvalue weighted by molar-refractivity contribution is -0.137. The second kappa shape index (κ2) is 5.27. The van der Waals surface area contributed by atoms with Crippen molar-refractivity contribution in [2.45, 2.75) is 39.2 Å². The Hall–Kier alpha value is -2.09. The number of nitriles is 1. The van der Waals surface area contributed by atoms with Crippen molar-refractivity contribution in [1.82, 2.24) is 4.98 Å². The molecule has 1 aromatic rings. The quantitative estimate of drug-likeness (QED) is 0.898. The van der Waals surface area contributed by atoms with Gasteiger partial charge in [-0.25, -0.2) is 4.98 Å². The van der Waals surface area contributed by atoms with Crippen LogP contribution in [0.2, 0.25) is 0 Å². The van der Waals surface area contributed by atoms with E-state index in [-0.39, 0.29) is 12.5 Å². The first-order valence-corrected chi connectivity index (χ1v) is 6.39. The third kappa shape index (κ3) is 2.68. The van der Waals surface area contributed by atoms with Crippen molar-refractivity contribution in [3.63, 3.8) is 0 Å². The highest BCUT2D eigenvalue weighted by Crippen LogP contribution is 2.30. The molecular formula is C14H17N3O2. The van der Waals surface area contributed by atoms with E-state index in [1.54, 1.807) is 0 Å². The zero-order chi connectivity index (χ0) is 14.0. The summed E-state index contributed by atoms with van der Waals surface area (Å²) in [5, 5.41) is 18.2. The number of aromatic nitrogens is 1. The zero-order valence-corrected chi connectivity index (χ0v) is 11.2. The fourth-order valence-electron chi connectivity index (χ4n) is 2.69. The third-order valence-corrected chi connectivity index (χ3v) is 3.50. The summed E-state index contributed by atoms with van der Waals surface area (Å²) in [4.78, 5) is 17.3. The van der Waals surface area contributed by atoms with Crippen molar-refractivity contribution in [1.29, 1.82) is 5.26 Å². The van der Waals surface area contributed by atoms with Crippen molar-refractivity contribution in [3.8, 4) is 6.07 Å². The molecular weight excluding hydrogens is 242 g/mol. The first-order valence-electron chi connectivity index (χ1n) is 6.39. The lowest BCUT2D eigenvalue weighted by Crippen LogP contribution is -2.32. The number of aliphatic carboxylic acids is 1. The molecule has 0 spiro atoms. The summed E-state index contributed by atoms with van der Waals surface area (Å²) in [5.74, 6) is -0.163. The second-order valence-corrected chi connectivity index (χ2v) is 4.98. The van der Waals surface area contributed by atoms with E-state index in [2.05, 4.69) is 11.1 Å². The highest BCUT2D eigenvalue weighted by molar-refractivity contribution is 5.69. The summed E-state index contributed by atoms with van der Waals surface area (Å²) in [6, 6.07) is 4.01. The smallest absolute Gasteiger partial charge is 0.305 e. The van der Waals surface area contributed by atoms with Gasteiger partial charge in [-0.1, -0.05) is 0 Å². The maximum atomic E-state index is 10.9. The summed E-state index contributed by atoms with van der Waals surface area (Å²) in [7, 11) is 0. The minimum atomic E-state index is -0.806. The molecule has 0 amide bonds. The summed E-state index contributed by atoms with van der Waals surface area (Å²) < 4.78 is 0. The Morgan fingerprint density at radius 2 is 2.37 bits per heavy atom. The molecule has 19 heavy (non-hydrogen) atoms. The topological polar surface area (TPSA) is 77.2 Å². The number of aryl methyl sites for hydroxylation is 2. The normalized spacial score (nSPS) is 18.4. The lowest BCUT2D eigenvalue weighted by atomic mass is 10.1. The largest absolute Gasteiger partial charge is 0.481 e. The van der Waals surface area contributed by atoms with E-state index in [9.17, 15) is 10.1 Å². The fourth-order valence-corrected chi connectivity index (χ4v) is 2.69. The van der Waals surface area contributed by atoms with Gasteiger partial charge in [-0.05, 0) is 38.3 Å². The average molecular weight is 259 g/mol. The van der Waals surface area contributed by atoms with Crippen LogP contribution < -0.4 is 4.90 Å². The monoisotopic (exact) mass is 259 g/mol. The zero-order valence-electron chi connectivity index (χ0n) is 11.2. The summed E-state index contributed by atoms with van der Waals surface area (Å²) in [6.45, 7) is 4.54. The Bertz CT molecular complexity index is 548. The number of pyridine rings is 1. The van der Waals surface area contributed by atoms with Crippen LogP contribution in [0.25, 0.3) is 0 Å². The van der Waals surface area contributed by atoms with Crippen LogP contribution in [0.15, 0.2) is 6.07 Å². The molecule has 100 valence electrons. The highest BCUT2D eigenvalue weighted by atomic mass is 16.4. The molecule has 0 aliphatic carbocycles. The maximum Gasteiger partial charge on any atom is 0.305 e. The number of carboxylic acid groups (broad SMARTS) is 1. The Kier molecular flexibility index (Phi) is 3.70. The number of carbonyl (C=O) groups is 1. The van der Waals surface area contributed by atoms with Gasteiger partial charge in [0.2, 0.25) is 0 Å². The number of hydrogen-bond acceptors (Lipinski definition) is 4. The lowest BCUT2D eigenvalue weighted by Gasteiger charge is -2.26. The fraction of sp³-hybridized carbons (Fsp3) is 0.500. The van der Waals surface area contributed by atoms with Gasteiger partial charge in [-0.3, -0.25) is 4.79 Å². The van der Waals surface area contributed by atoms with E-state index in [0.29, 0.717) is 11.4 Å². The van der Waals surface area contributed by atoms with Crippen molar-refractivity contribution < 1.29 is 9.90 Å². The second-order valence-electron chi connectivity index (χ2n) is 4.98. The number of nitrogens with zero attached hydrogens (tertiary/aromatic N) is 3. The van der Waals surface area contributed by atoms with Crippen LogP contribution in [0.5, 0.6) is 0 Å². The minimum Gasteiger partial charge on any atom is -0.481 e. The van der Waals surface area contributed by atoms with Crippen LogP contribution in [0.1, 0.15) is 36.1 Å². The maximum absolute atomic E-state index is 10.9. The molecule has 1 aliphatic heterocycles. The van der Waals surface area contributed by atoms with Gasteiger partial charge in [0.05, 0.1) is 12.0 Å². The van der Waals surface area contributed by atoms with E-state index >= 15 is 0 Å². The molecule has 0 radical (unpaired) electrons. The molecule has 1 N–H and O–H groups in total. The molecule has 1 aliphatic rings. The van der Waals surface area contributed by atoms with Crippen LogP contribution in [0, 0.1) is 25.2 Å². The van der Waals surface area contributed by atoms with E-state index in [1.807, 2.05) is 24.8 Å². The first-order chi connectivity index (χ1) is 9.02. The number of anilines is 1. The molecule has 2 rings (SSSR count). The van der Waals surface area contributed by atoms with Gasteiger partial charge in [0.15, 0.2) is 0 Å². The van der Waals surface area contributed by atoms with E-state index in [1.165, 1.54) is 0 Å². The van der Waals surface area contributed by atoms with Gasteiger partial charge in [-0.2, -0.15) is 5.26 Å². The number of hydrogen-bond donors (Lipinski definition) is 1. The number of rotatable bonds is 3. The molecule has 0 aromatic carbocycles. The van der Waals surface area contributed by atoms with Crippen molar-refractivity contribution in [2.24, 2.45) is 0 Å². The standard InChI is InChI=1S/C14H17N3O2/c1-9-6-10(2)16-14(12(9)8-15)17-5-3-4-11(17)7-13(18)19/h6,11H,3-5,7H2,1-2H3,(H,18,19). The van der Waals surface area contributed by atoms with Gasteiger partial charge < -0.3 is 10.0 Å². The van der Waals surface area contributed by atoms with Gasteiger partial charge >= 0.3 is 5.97 Å². The molecule has 5 heteroatoms. The number of carboxylic acids is 1. The molecule has 1 unspecified atom stereocenters. The first kappa shape index (κ1) is 13.3. The third-order valence-electron chi connectivity index (χ3n) is 3.50. The predicted molar refractivity (Wildman–Crippen MR) is 71.0 cm³/mol. The van der Waals surface area contributed by atoms with Gasteiger partial charge in [0.25, 0.3) is 0 Å². The summed E-state index contributed by atoms with van der Waals surface area (Å²) in [6.07, 6.45) is 1.88. The highest BCUT2D eigenvalue weighted by Gasteiger charge is 2.29. The predicted octanol–water partition coefficient (Wildman–Crippen LogP) is 2.01. The molecule has 1 fully saturated rings. The Labute approximate surface area is 112 Å². The molecule has 1 atom stereocenters. The SMILES string of the molecule is Cc1cc(C)c(C#N)c(N2CCCC2CC(=O)O)n1. The minimum absolute atomic E-state index is 0.0571. The molecule has 1 aromatic heterocycles. The van der Waals surface area contributed by atoms with Crippen molar-refractivity contribution in [2.75, 3.05) is 11.4 Å². The van der Waals surface area contributed by atoms with E-state index < -0.39 is 5.97 Å². The summed E-state index contributed by atoms with van der Waals surface area (Å²) in [5.41, 5.74) is 2.31. The van der Waals surface area contributed by atoms with Gasteiger partial charge in [-0.15, -0.1) is 0 Å². The van der Waals surface area contributed by atoms with Gasteiger partial charge in [0.1, 0.15) is 11.9 Å². The Balaban J connectivity index is 2.40.